The molecule has 2 aliphatic heterocycles. The van der Waals surface area contributed by atoms with E-state index in [0.29, 0.717) is 25.5 Å². The largest absolute Gasteiger partial charge is 0.379 e. The highest BCUT2D eigenvalue weighted by atomic mass is 16.5. The normalized spacial score (nSPS) is 19.0. The van der Waals surface area contributed by atoms with Gasteiger partial charge in [-0.05, 0) is 6.92 Å². The van der Waals surface area contributed by atoms with Crippen LogP contribution in [0.3, 0.4) is 0 Å². The minimum absolute atomic E-state index is 0.0952. The Morgan fingerprint density at radius 2 is 2.09 bits per heavy atom. The molecule has 1 aromatic heterocycles. The molecule has 0 saturated carbocycles. The number of nitrogens with zero attached hydrogens (tertiary/aromatic N) is 3. The molecule has 7 nitrogen and oxygen atoms in total. The van der Waals surface area contributed by atoms with Crippen molar-refractivity contribution < 1.29 is 14.3 Å². The summed E-state index contributed by atoms with van der Waals surface area (Å²) >= 11 is 0. The Bertz CT molecular complexity index is 523. The first-order valence-corrected chi connectivity index (χ1v) is 8.04. The number of aromatic nitrogens is 2. The van der Waals surface area contributed by atoms with E-state index >= 15 is 0 Å². The molecule has 1 saturated heterocycles. The van der Waals surface area contributed by atoms with Crippen molar-refractivity contribution in [3.05, 3.63) is 17.0 Å². The van der Waals surface area contributed by atoms with Crippen molar-refractivity contribution in [2.75, 3.05) is 46.0 Å². The van der Waals surface area contributed by atoms with Crippen LogP contribution >= 0.6 is 0 Å². The van der Waals surface area contributed by atoms with Crippen LogP contribution in [0.1, 0.15) is 28.7 Å². The second-order valence-corrected chi connectivity index (χ2v) is 5.60. The Hall–Kier alpha value is -1.44. The predicted octanol–water partition coefficient (Wildman–Crippen LogP) is 0.0377. The fourth-order valence-electron chi connectivity index (χ4n) is 2.99. The summed E-state index contributed by atoms with van der Waals surface area (Å²) in [7, 11) is 0. The number of aryl methyl sites for hydroxylation is 1. The first-order valence-electron chi connectivity index (χ1n) is 8.04. The molecule has 1 N–H and O–H groups in total. The van der Waals surface area contributed by atoms with E-state index in [2.05, 4.69) is 15.3 Å². The number of nitrogens with one attached hydrogen (secondary N) is 1. The second kappa shape index (κ2) is 7.21. The number of morpholine rings is 1. The number of hydrogen-bond acceptors (Lipinski definition) is 5. The lowest BCUT2D eigenvalue weighted by atomic mass is 10.1. The van der Waals surface area contributed by atoms with Gasteiger partial charge >= 0.3 is 0 Å². The van der Waals surface area contributed by atoms with Crippen molar-refractivity contribution in [3.63, 3.8) is 0 Å². The van der Waals surface area contributed by atoms with Gasteiger partial charge in [0.15, 0.2) is 5.69 Å². The molecule has 3 rings (SSSR count). The monoisotopic (exact) mass is 308 g/mol. The van der Waals surface area contributed by atoms with Gasteiger partial charge in [0.05, 0.1) is 26.4 Å². The Labute approximate surface area is 130 Å². The summed E-state index contributed by atoms with van der Waals surface area (Å²) in [4.78, 5) is 14.7. The number of carbonyl (C=O) groups is 1. The van der Waals surface area contributed by atoms with E-state index in [4.69, 9.17) is 9.47 Å². The first-order chi connectivity index (χ1) is 10.8. The summed E-state index contributed by atoms with van der Waals surface area (Å²) in [6, 6.07) is 0. The summed E-state index contributed by atoms with van der Waals surface area (Å²) in [5, 5.41) is 7.45. The highest BCUT2D eigenvalue weighted by molar-refractivity contribution is 5.94. The molecule has 0 aromatic carbocycles. The number of hydrogen-bond donors (Lipinski definition) is 1. The van der Waals surface area contributed by atoms with Gasteiger partial charge in [-0.15, -0.1) is 0 Å². The molecule has 0 unspecified atom stereocenters. The summed E-state index contributed by atoms with van der Waals surface area (Å²) in [6.07, 6.45) is 0.831. The summed E-state index contributed by atoms with van der Waals surface area (Å²) < 4.78 is 12.7. The number of amides is 1. The van der Waals surface area contributed by atoms with Crippen molar-refractivity contribution in [1.29, 1.82) is 0 Å². The molecular formula is C15H24N4O3. The summed E-state index contributed by atoms with van der Waals surface area (Å²) in [5.41, 5.74) is 2.63. The van der Waals surface area contributed by atoms with E-state index in [1.807, 2.05) is 11.6 Å². The predicted molar refractivity (Wildman–Crippen MR) is 80.9 cm³/mol. The maximum Gasteiger partial charge on any atom is 0.272 e. The third-order valence-electron chi connectivity index (χ3n) is 4.23. The molecule has 0 radical (unpaired) electrons. The standard InChI is InChI=1S/C15H24N4O3/c1-2-19-13-3-8-22-11-12(13)14(17-19)15(20)16-4-5-18-6-9-21-10-7-18/h2-11H2,1H3,(H,16,20). The van der Waals surface area contributed by atoms with E-state index < -0.39 is 0 Å². The van der Waals surface area contributed by atoms with Crippen LogP contribution in [0.15, 0.2) is 0 Å². The van der Waals surface area contributed by atoms with Gasteiger partial charge in [-0.1, -0.05) is 0 Å². The number of carbonyl (C=O) groups excluding carboxylic acids is 1. The smallest absolute Gasteiger partial charge is 0.272 e. The van der Waals surface area contributed by atoms with E-state index in [1.165, 1.54) is 0 Å². The molecule has 22 heavy (non-hydrogen) atoms. The molecular weight excluding hydrogens is 284 g/mol. The number of fused-ring (bicyclic) bond motifs is 1. The molecule has 0 atom stereocenters. The molecule has 1 aromatic rings. The molecule has 122 valence electrons. The van der Waals surface area contributed by atoms with Crippen molar-refractivity contribution in [3.8, 4) is 0 Å². The average molecular weight is 308 g/mol. The lowest BCUT2D eigenvalue weighted by Gasteiger charge is -2.26. The lowest BCUT2D eigenvalue weighted by molar-refractivity contribution is 0.0383. The van der Waals surface area contributed by atoms with Crippen molar-refractivity contribution in [2.24, 2.45) is 0 Å². The zero-order valence-corrected chi connectivity index (χ0v) is 13.1. The van der Waals surface area contributed by atoms with Gasteiger partial charge in [-0.2, -0.15) is 5.10 Å². The van der Waals surface area contributed by atoms with Crippen molar-refractivity contribution >= 4 is 5.91 Å². The first kappa shape index (κ1) is 15.5. The van der Waals surface area contributed by atoms with Gasteiger partial charge in [-0.3, -0.25) is 14.4 Å². The molecule has 3 heterocycles. The molecule has 7 heteroatoms. The van der Waals surface area contributed by atoms with E-state index in [0.717, 1.165) is 57.1 Å². The zero-order chi connectivity index (χ0) is 15.4. The zero-order valence-electron chi connectivity index (χ0n) is 13.1. The Morgan fingerprint density at radius 1 is 1.27 bits per heavy atom. The highest BCUT2D eigenvalue weighted by Gasteiger charge is 2.24. The van der Waals surface area contributed by atoms with E-state index in [-0.39, 0.29) is 5.91 Å². The Morgan fingerprint density at radius 3 is 2.86 bits per heavy atom. The van der Waals surface area contributed by atoms with Gasteiger partial charge in [0.1, 0.15) is 0 Å². The SMILES string of the molecule is CCn1nc(C(=O)NCCN2CCOCC2)c2c1CCOC2. The van der Waals surface area contributed by atoms with Crippen LogP contribution in [-0.4, -0.2) is 66.6 Å². The number of ether oxygens (including phenoxy) is 2. The third-order valence-corrected chi connectivity index (χ3v) is 4.23. The van der Waals surface area contributed by atoms with Crippen LogP contribution in [-0.2, 0) is 29.0 Å². The third kappa shape index (κ3) is 3.31. The van der Waals surface area contributed by atoms with Gasteiger partial charge in [-0.25, -0.2) is 0 Å². The van der Waals surface area contributed by atoms with Gasteiger partial charge in [0, 0.05) is 50.4 Å². The molecule has 1 amide bonds. The molecule has 0 spiro atoms. The van der Waals surface area contributed by atoms with Crippen LogP contribution in [0.5, 0.6) is 0 Å². The van der Waals surface area contributed by atoms with E-state index in [1.54, 1.807) is 0 Å². The minimum atomic E-state index is -0.0952. The van der Waals surface area contributed by atoms with Crippen molar-refractivity contribution in [2.45, 2.75) is 26.5 Å². The van der Waals surface area contributed by atoms with Gasteiger partial charge in [0.2, 0.25) is 0 Å². The Balaban J connectivity index is 1.58. The average Bonchev–Trinajstić information content (AvgIpc) is 2.95. The number of rotatable bonds is 5. The maximum atomic E-state index is 12.4. The Kier molecular flexibility index (Phi) is 5.07. The van der Waals surface area contributed by atoms with Crippen LogP contribution < -0.4 is 5.32 Å². The molecule has 1 fully saturated rings. The second-order valence-electron chi connectivity index (χ2n) is 5.60. The van der Waals surface area contributed by atoms with Gasteiger partial charge < -0.3 is 14.8 Å². The topological polar surface area (TPSA) is 68.6 Å². The van der Waals surface area contributed by atoms with Crippen molar-refractivity contribution in [1.82, 2.24) is 20.0 Å². The fourth-order valence-corrected chi connectivity index (χ4v) is 2.99. The van der Waals surface area contributed by atoms with Gasteiger partial charge in [0.25, 0.3) is 5.91 Å². The van der Waals surface area contributed by atoms with Crippen LogP contribution in [0.25, 0.3) is 0 Å². The van der Waals surface area contributed by atoms with Crippen LogP contribution in [0.4, 0.5) is 0 Å². The van der Waals surface area contributed by atoms with Crippen LogP contribution in [0.2, 0.25) is 0 Å². The van der Waals surface area contributed by atoms with Crippen LogP contribution in [0, 0.1) is 0 Å². The van der Waals surface area contributed by atoms with E-state index in [9.17, 15) is 4.79 Å². The lowest BCUT2D eigenvalue weighted by Crippen LogP contribution is -2.41. The maximum absolute atomic E-state index is 12.4. The molecule has 2 aliphatic rings. The highest BCUT2D eigenvalue weighted by Crippen LogP contribution is 2.20. The molecule has 0 aliphatic carbocycles. The quantitative estimate of drug-likeness (QED) is 0.832. The fraction of sp³-hybridized carbons (Fsp3) is 0.733. The molecule has 0 bridgehead atoms. The summed E-state index contributed by atoms with van der Waals surface area (Å²) in [5.74, 6) is -0.0952. The summed E-state index contributed by atoms with van der Waals surface area (Å²) in [6.45, 7) is 8.92. The minimum Gasteiger partial charge on any atom is -0.379 e.